The third kappa shape index (κ3) is 0.954. The molecule has 1 rings (SSSR count). The Morgan fingerprint density at radius 3 is 2.89 bits per heavy atom. The molecule has 2 atom stereocenters. The van der Waals surface area contributed by atoms with E-state index in [9.17, 15) is 4.79 Å². The predicted octanol–water partition coefficient (Wildman–Crippen LogP) is 0.0203. The summed E-state index contributed by atoms with van der Waals surface area (Å²) in [5, 5.41) is 0. The number of hydrogen-bond donors (Lipinski definition) is 1. The van der Waals surface area contributed by atoms with Crippen LogP contribution in [0.2, 0.25) is 0 Å². The zero-order valence-corrected chi connectivity index (χ0v) is 5.04. The van der Waals surface area contributed by atoms with Crippen LogP contribution >= 0.6 is 0 Å². The van der Waals surface area contributed by atoms with Gasteiger partial charge in [-0.2, -0.15) is 0 Å². The van der Waals surface area contributed by atoms with Gasteiger partial charge in [0.1, 0.15) is 0 Å². The molecule has 0 aliphatic heterocycles. The molecular weight excluding hydrogens is 118 g/mol. The summed E-state index contributed by atoms with van der Waals surface area (Å²) in [5.74, 6) is 0.155. The van der Waals surface area contributed by atoms with Crippen LogP contribution in [-0.2, 0) is 9.53 Å². The van der Waals surface area contributed by atoms with Crippen molar-refractivity contribution < 1.29 is 9.53 Å². The zero-order chi connectivity index (χ0) is 6.91. The average Bonchev–Trinajstić information content (AvgIpc) is 2.43. The van der Waals surface area contributed by atoms with Gasteiger partial charge in [0.2, 0.25) is 0 Å². The van der Waals surface area contributed by atoms with Crippen molar-refractivity contribution in [1.82, 2.24) is 0 Å². The topological polar surface area (TPSA) is 52.3 Å². The lowest BCUT2D eigenvalue weighted by Crippen LogP contribution is -2.27. The van der Waals surface area contributed by atoms with Gasteiger partial charge in [-0.25, -0.2) is 0 Å². The molecule has 3 nitrogen and oxygen atoms in total. The summed E-state index contributed by atoms with van der Waals surface area (Å²) < 4.78 is 4.57. The third-order valence-electron chi connectivity index (χ3n) is 1.56. The van der Waals surface area contributed by atoms with Gasteiger partial charge < -0.3 is 4.74 Å². The number of rotatable bonds is 3. The number of ether oxygens (including phenoxy) is 1. The van der Waals surface area contributed by atoms with Crippen LogP contribution in [-0.4, -0.2) is 12.2 Å². The molecule has 2 N–H and O–H groups in total. The minimum absolute atomic E-state index is 0.155. The van der Waals surface area contributed by atoms with Gasteiger partial charge in [0.05, 0.1) is 0 Å². The van der Waals surface area contributed by atoms with Crippen molar-refractivity contribution in [2.45, 2.75) is 12.1 Å². The van der Waals surface area contributed by atoms with Crippen LogP contribution in [0.5, 0.6) is 0 Å². The maximum atomic E-state index is 9.79. The Morgan fingerprint density at radius 1 is 1.89 bits per heavy atom. The molecule has 0 heterocycles. The van der Waals surface area contributed by atoms with Crippen LogP contribution in [0.25, 0.3) is 0 Å². The third-order valence-corrected chi connectivity index (χ3v) is 1.56. The van der Waals surface area contributed by atoms with E-state index in [1.807, 2.05) is 0 Å². The van der Waals surface area contributed by atoms with Crippen molar-refractivity contribution in [2.24, 2.45) is 11.7 Å². The summed E-state index contributed by atoms with van der Waals surface area (Å²) in [7, 11) is 0. The highest BCUT2D eigenvalue weighted by atomic mass is 16.6. The number of carbonyl (C=O) groups is 1. The summed E-state index contributed by atoms with van der Waals surface area (Å²) in [5.41, 5.74) is 4.77. The Balaban J connectivity index is 2.41. The number of nitrogens with two attached hydrogens (primary N) is 1. The first kappa shape index (κ1) is 6.29. The second-order valence-corrected chi connectivity index (χ2v) is 2.22. The smallest absolute Gasteiger partial charge is 0.294 e. The van der Waals surface area contributed by atoms with Gasteiger partial charge in [0, 0.05) is 12.3 Å². The van der Waals surface area contributed by atoms with E-state index in [4.69, 9.17) is 5.73 Å². The molecule has 0 aromatic rings. The summed E-state index contributed by atoms with van der Waals surface area (Å²) in [6.07, 6.45) is 2.40. The first-order chi connectivity index (χ1) is 4.23. The minimum atomic E-state index is -0.719. The quantitative estimate of drug-likeness (QED) is 0.330. The Labute approximate surface area is 53.5 Å². The maximum absolute atomic E-state index is 9.79. The van der Waals surface area contributed by atoms with Crippen LogP contribution in [0.4, 0.5) is 0 Å². The van der Waals surface area contributed by atoms with Crippen molar-refractivity contribution in [2.75, 3.05) is 0 Å². The normalized spacial score (nSPS) is 39.4. The van der Waals surface area contributed by atoms with E-state index >= 15 is 0 Å². The molecule has 0 spiro atoms. The molecular formula is C6H9NO2. The van der Waals surface area contributed by atoms with Gasteiger partial charge >= 0.3 is 0 Å². The fraction of sp³-hybridized carbons (Fsp3) is 0.500. The Bertz CT molecular complexity index is 146. The van der Waals surface area contributed by atoms with E-state index in [0.29, 0.717) is 12.9 Å². The van der Waals surface area contributed by atoms with Crippen molar-refractivity contribution in [3.63, 3.8) is 0 Å². The lowest BCUT2D eigenvalue weighted by Gasteiger charge is -2.05. The molecule has 0 saturated heterocycles. The van der Waals surface area contributed by atoms with Crippen LogP contribution in [0.15, 0.2) is 12.7 Å². The lowest BCUT2D eigenvalue weighted by molar-refractivity contribution is -0.135. The van der Waals surface area contributed by atoms with E-state index < -0.39 is 5.72 Å². The molecule has 1 saturated carbocycles. The molecule has 9 heavy (non-hydrogen) atoms. The molecule has 0 bridgehead atoms. The molecule has 1 aliphatic carbocycles. The fourth-order valence-electron chi connectivity index (χ4n) is 0.793. The Kier molecular flexibility index (Phi) is 1.29. The van der Waals surface area contributed by atoms with Gasteiger partial charge in [-0.3, -0.25) is 10.5 Å². The van der Waals surface area contributed by atoms with Gasteiger partial charge in [-0.05, 0) is 0 Å². The zero-order valence-electron chi connectivity index (χ0n) is 5.04. The summed E-state index contributed by atoms with van der Waals surface area (Å²) >= 11 is 0. The van der Waals surface area contributed by atoms with E-state index in [1.54, 1.807) is 6.08 Å². The highest BCUT2D eigenvalue weighted by Crippen LogP contribution is 2.41. The molecule has 0 amide bonds. The first-order valence-corrected chi connectivity index (χ1v) is 2.76. The average molecular weight is 127 g/mol. The largest absolute Gasteiger partial charge is 0.446 e. The SMILES string of the molecule is C=C[C@H]1C[C@]1(N)OC=O. The van der Waals surface area contributed by atoms with Crippen molar-refractivity contribution in [1.29, 1.82) is 0 Å². The van der Waals surface area contributed by atoms with Crippen LogP contribution < -0.4 is 5.73 Å². The number of hydrogen-bond acceptors (Lipinski definition) is 3. The first-order valence-electron chi connectivity index (χ1n) is 2.76. The van der Waals surface area contributed by atoms with Crippen molar-refractivity contribution in [3.05, 3.63) is 12.7 Å². The van der Waals surface area contributed by atoms with Gasteiger partial charge in [-0.15, -0.1) is 6.58 Å². The van der Waals surface area contributed by atoms with Crippen molar-refractivity contribution in [3.8, 4) is 0 Å². The minimum Gasteiger partial charge on any atom is -0.446 e. The van der Waals surface area contributed by atoms with Gasteiger partial charge in [0.25, 0.3) is 6.47 Å². The molecule has 3 heteroatoms. The monoisotopic (exact) mass is 127 g/mol. The Morgan fingerprint density at radius 2 is 2.56 bits per heavy atom. The van der Waals surface area contributed by atoms with Gasteiger partial charge in [-0.1, -0.05) is 6.08 Å². The van der Waals surface area contributed by atoms with Crippen LogP contribution in [0.3, 0.4) is 0 Å². The standard InChI is InChI=1S/C6H9NO2/c1-2-5-3-6(5,7)9-4-8/h2,4-5H,1,3,7H2/t5-,6-/m0/s1. The molecule has 50 valence electrons. The summed E-state index contributed by atoms with van der Waals surface area (Å²) in [6.45, 7) is 3.90. The second kappa shape index (κ2) is 1.84. The molecule has 0 aromatic heterocycles. The van der Waals surface area contributed by atoms with Gasteiger partial charge in [0.15, 0.2) is 5.72 Å². The molecule has 1 aliphatic rings. The van der Waals surface area contributed by atoms with E-state index in [1.165, 1.54) is 0 Å². The summed E-state index contributed by atoms with van der Waals surface area (Å²) in [6, 6.07) is 0. The van der Waals surface area contributed by atoms with Crippen LogP contribution in [0, 0.1) is 5.92 Å². The van der Waals surface area contributed by atoms with E-state index in [-0.39, 0.29) is 5.92 Å². The molecule has 1 fully saturated rings. The van der Waals surface area contributed by atoms with E-state index in [0.717, 1.165) is 0 Å². The fourth-order valence-corrected chi connectivity index (χ4v) is 0.793. The molecule has 0 unspecified atom stereocenters. The highest BCUT2D eigenvalue weighted by Gasteiger charge is 2.51. The van der Waals surface area contributed by atoms with Crippen LogP contribution in [0.1, 0.15) is 6.42 Å². The predicted molar refractivity (Wildman–Crippen MR) is 32.4 cm³/mol. The molecule has 0 aromatic carbocycles. The molecule has 0 radical (unpaired) electrons. The number of carbonyl (C=O) groups excluding carboxylic acids is 1. The maximum Gasteiger partial charge on any atom is 0.294 e. The highest BCUT2D eigenvalue weighted by molar-refractivity contribution is 5.40. The van der Waals surface area contributed by atoms with Crippen molar-refractivity contribution >= 4 is 6.47 Å². The lowest BCUT2D eigenvalue weighted by atomic mass is 10.4. The Hall–Kier alpha value is -0.830. The summed E-state index contributed by atoms with van der Waals surface area (Å²) in [4.78, 5) is 9.79. The van der Waals surface area contributed by atoms with E-state index in [2.05, 4.69) is 11.3 Å². The second-order valence-electron chi connectivity index (χ2n) is 2.22.